The van der Waals surface area contributed by atoms with Crippen molar-refractivity contribution in [2.24, 2.45) is 0 Å². The third-order valence-corrected chi connectivity index (χ3v) is 4.79. The Morgan fingerprint density at radius 3 is 2.42 bits per heavy atom. The zero-order valence-electron chi connectivity index (χ0n) is 13.7. The molecule has 1 amide bonds. The number of aryl methyl sites for hydroxylation is 3. The Hall–Kier alpha value is -2.53. The molecule has 0 unspecified atom stereocenters. The number of thiazole rings is 1. The molecule has 0 fully saturated rings. The van der Waals surface area contributed by atoms with Crippen molar-refractivity contribution in [1.29, 1.82) is 0 Å². The summed E-state index contributed by atoms with van der Waals surface area (Å²) >= 11 is 1.41. The minimum Gasteiger partial charge on any atom is -0.298 e. The van der Waals surface area contributed by atoms with Gasteiger partial charge in [-0.05, 0) is 68.3 Å². The van der Waals surface area contributed by atoms with Gasteiger partial charge in [-0.3, -0.25) is 10.1 Å². The maximum Gasteiger partial charge on any atom is 0.257 e. The van der Waals surface area contributed by atoms with E-state index in [1.807, 2.05) is 32.9 Å². The topological polar surface area (TPSA) is 42.0 Å². The lowest BCUT2D eigenvalue weighted by molar-refractivity contribution is 0.102. The number of amides is 1. The molecule has 3 rings (SSSR count). The summed E-state index contributed by atoms with van der Waals surface area (Å²) in [4.78, 5) is 17.8. The summed E-state index contributed by atoms with van der Waals surface area (Å²) in [5.41, 5.74) is 4.42. The molecule has 0 aliphatic carbocycles. The number of carbonyl (C=O) groups excluding carboxylic acids is 1. The van der Waals surface area contributed by atoms with E-state index in [-0.39, 0.29) is 11.7 Å². The predicted octanol–water partition coefficient (Wildman–Crippen LogP) is 5.13. The number of rotatable bonds is 3. The molecule has 3 aromatic rings. The van der Waals surface area contributed by atoms with Crippen LogP contribution in [0.3, 0.4) is 0 Å². The number of anilines is 1. The highest BCUT2D eigenvalue weighted by molar-refractivity contribution is 7.16. The zero-order valence-corrected chi connectivity index (χ0v) is 14.5. The molecule has 0 aliphatic heterocycles. The van der Waals surface area contributed by atoms with Crippen LogP contribution in [0.4, 0.5) is 9.52 Å². The molecule has 0 spiro atoms. The second-order valence-corrected chi connectivity index (χ2v) is 6.89. The highest BCUT2D eigenvalue weighted by Gasteiger charge is 2.13. The second kappa shape index (κ2) is 6.53. The maximum absolute atomic E-state index is 13.1. The highest BCUT2D eigenvalue weighted by Crippen LogP contribution is 2.30. The van der Waals surface area contributed by atoms with Gasteiger partial charge in [-0.2, -0.15) is 0 Å². The number of halogens is 1. The molecule has 0 radical (unpaired) electrons. The molecule has 2 aromatic carbocycles. The van der Waals surface area contributed by atoms with Gasteiger partial charge in [-0.15, -0.1) is 11.3 Å². The Morgan fingerprint density at radius 2 is 1.75 bits per heavy atom. The van der Waals surface area contributed by atoms with E-state index in [9.17, 15) is 9.18 Å². The third kappa shape index (κ3) is 3.36. The van der Waals surface area contributed by atoms with Crippen LogP contribution in [0.25, 0.3) is 11.3 Å². The van der Waals surface area contributed by atoms with Crippen molar-refractivity contribution in [1.82, 2.24) is 4.98 Å². The van der Waals surface area contributed by atoms with Crippen molar-refractivity contribution >= 4 is 22.4 Å². The minimum atomic E-state index is -0.283. The van der Waals surface area contributed by atoms with Crippen molar-refractivity contribution in [3.63, 3.8) is 0 Å². The fourth-order valence-corrected chi connectivity index (χ4v) is 3.21. The van der Waals surface area contributed by atoms with Crippen LogP contribution in [0.5, 0.6) is 0 Å². The summed E-state index contributed by atoms with van der Waals surface area (Å²) in [6.45, 7) is 5.92. The van der Waals surface area contributed by atoms with Crippen molar-refractivity contribution in [3.05, 3.63) is 69.8 Å². The molecule has 3 nitrogen and oxygen atoms in total. The van der Waals surface area contributed by atoms with E-state index in [2.05, 4.69) is 10.3 Å². The number of nitrogens with zero attached hydrogens (tertiary/aromatic N) is 1. The Morgan fingerprint density at radius 1 is 1.04 bits per heavy atom. The minimum absolute atomic E-state index is 0.183. The number of aromatic nitrogens is 1. The fraction of sp³-hybridized carbons (Fsp3) is 0.158. The fourth-order valence-electron chi connectivity index (χ4n) is 2.38. The molecular formula is C19H17FN2OS. The third-order valence-electron chi connectivity index (χ3n) is 3.90. The predicted molar refractivity (Wildman–Crippen MR) is 96.1 cm³/mol. The van der Waals surface area contributed by atoms with E-state index in [1.54, 1.807) is 18.2 Å². The van der Waals surface area contributed by atoms with E-state index < -0.39 is 0 Å². The van der Waals surface area contributed by atoms with Gasteiger partial charge < -0.3 is 0 Å². The Balaban J connectivity index is 1.83. The first-order valence-electron chi connectivity index (χ1n) is 7.56. The second-order valence-electron chi connectivity index (χ2n) is 5.68. The van der Waals surface area contributed by atoms with Crippen LogP contribution >= 0.6 is 11.3 Å². The largest absolute Gasteiger partial charge is 0.298 e. The first-order valence-corrected chi connectivity index (χ1v) is 8.37. The average Bonchev–Trinajstić information content (AvgIpc) is 2.91. The Bertz CT molecular complexity index is 900. The van der Waals surface area contributed by atoms with Crippen molar-refractivity contribution in [3.8, 4) is 11.3 Å². The molecule has 24 heavy (non-hydrogen) atoms. The number of nitrogens with one attached hydrogen (secondary N) is 1. The number of hydrogen-bond acceptors (Lipinski definition) is 3. The van der Waals surface area contributed by atoms with Gasteiger partial charge in [0.2, 0.25) is 0 Å². The lowest BCUT2D eigenvalue weighted by Crippen LogP contribution is -2.12. The maximum atomic E-state index is 13.1. The summed E-state index contributed by atoms with van der Waals surface area (Å²) in [7, 11) is 0. The van der Waals surface area contributed by atoms with Gasteiger partial charge in [0.15, 0.2) is 5.13 Å². The Labute approximate surface area is 144 Å². The van der Waals surface area contributed by atoms with Crippen LogP contribution in [0.1, 0.15) is 26.4 Å². The van der Waals surface area contributed by atoms with Crippen LogP contribution in [-0.4, -0.2) is 10.9 Å². The van der Waals surface area contributed by atoms with Crippen molar-refractivity contribution in [2.45, 2.75) is 20.8 Å². The quantitative estimate of drug-likeness (QED) is 0.718. The van der Waals surface area contributed by atoms with Gasteiger partial charge in [-0.1, -0.05) is 6.07 Å². The van der Waals surface area contributed by atoms with Gasteiger partial charge in [0, 0.05) is 16.0 Å². The van der Waals surface area contributed by atoms with Crippen LogP contribution < -0.4 is 5.32 Å². The van der Waals surface area contributed by atoms with E-state index >= 15 is 0 Å². The molecular weight excluding hydrogens is 323 g/mol. The molecule has 0 atom stereocenters. The van der Waals surface area contributed by atoms with Gasteiger partial charge in [0.1, 0.15) is 5.82 Å². The molecule has 1 N–H and O–H groups in total. The molecule has 5 heteroatoms. The van der Waals surface area contributed by atoms with Gasteiger partial charge in [-0.25, -0.2) is 9.37 Å². The zero-order chi connectivity index (χ0) is 17.3. The normalized spacial score (nSPS) is 10.7. The molecule has 0 bridgehead atoms. The summed E-state index contributed by atoms with van der Waals surface area (Å²) in [5, 5.41) is 3.38. The number of carbonyl (C=O) groups is 1. The summed E-state index contributed by atoms with van der Waals surface area (Å²) in [6.07, 6.45) is 0. The average molecular weight is 340 g/mol. The van der Waals surface area contributed by atoms with Crippen molar-refractivity contribution < 1.29 is 9.18 Å². The summed E-state index contributed by atoms with van der Waals surface area (Å²) in [5.74, 6) is -0.465. The number of hydrogen-bond donors (Lipinski definition) is 1. The lowest BCUT2D eigenvalue weighted by Gasteiger charge is -2.05. The van der Waals surface area contributed by atoms with E-state index in [0.29, 0.717) is 10.7 Å². The monoisotopic (exact) mass is 340 g/mol. The van der Waals surface area contributed by atoms with E-state index in [0.717, 1.165) is 27.3 Å². The Kier molecular flexibility index (Phi) is 4.44. The number of benzene rings is 2. The molecule has 1 heterocycles. The molecule has 122 valence electrons. The summed E-state index contributed by atoms with van der Waals surface area (Å²) < 4.78 is 13.1. The highest BCUT2D eigenvalue weighted by atomic mass is 32.1. The van der Waals surface area contributed by atoms with Gasteiger partial charge >= 0.3 is 0 Å². The summed E-state index contributed by atoms with van der Waals surface area (Å²) in [6, 6.07) is 11.8. The van der Waals surface area contributed by atoms with E-state index in [4.69, 9.17) is 0 Å². The van der Waals surface area contributed by atoms with Crippen LogP contribution in [-0.2, 0) is 0 Å². The van der Waals surface area contributed by atoms with Crippen LogP contribution in [0.15, 0.2) is 42.5 Å². The molecule has 0 saturated carbocycles. The first kappa shape index (κ1) is 16.3. The van der Waals surface area contributed by atoms with E-state index in [1.165, 1.54) is 23.5 Å². The van der Waals surface area contributed by atoms with Crippen LogP contribution in [0, 0.1) is 26.6 Å². The molecule has 0 aliphatic rings. The first-order chi connectivity index (χ1) is 11.4. The molecule has 1 aromatic heterocycles. The SMILES string of the molecule is Cc1ccc(C(=O)Nc2nc(-c3ccc(F)cc3)c(C)s2)cc1C. The van der Waals surface area contributed by atoms with Gasteiger partial charge in [0.25, 0.3) is 5.91 Å². The van der Waals surface area contributed by atoms with Crippen molar-refractivity contribution in [2.75, 3.05) is 5.32 Å². The van der Waals surface area contributed by atoms with Gasteiger partial charge in [0.05, 0.1) is 5.69 Å². The molecule has 0 saturated heterocycles. The van der Waals surface area contributed by atoms with Crippen LogP contribution in [0.2, 0.25) is 0 Å². The lowest BCUT2D eigenvalue weighted by atomic mass is 10.1. The standard InChI is InChI=1S/C19H17FN2OS/c1-11-4-5-15(10-12(11)2)18(23)22-19-21-17(13(3)24-19)14-6-8-16(20)9-7-14/h4-10H,1-3H3,(H,21,22,23). The smallest absolute Gasteiger partial charge is 0.257 e.